The number of carbonyl (C=O) groups is 1. The zero-order valence-electron chi connectivity index (χ0n) is 10.1. The van der Waals surface area contributed by atoms with E-state index in [2.05, 4.69) is 15.9 Å². The Kier molecular flexibility index (Phi) is 3.99. The van der Waals surface area contributed by atoms with Crippen molar-refractivity contribution in [1.29, 1.82) is 0 Å². The Labute approximate surface area is 120 Å². The monoisotopic (exact) mass is 331 g/mol. The number of aliphatic carboxylic acids is 1. The lowest BCUT2D eigenvalue weighted by molar-refractivity contribution is -0.150. The van der Waals surface area contributed by atoms with Crippen LogP contribution in [0.4, 0.5) is 0 Å². The van der Waals surface area contributed by atoms with Gasteiger partial charge < -0.3 is 5.11 Å². The number of likely N-dealkylation sites (tertiary alicyclic amines) is 1. The molecule has 0 saturated carbocycles. The van der Waals surface area contributed by atoms with E-state index < -0.39 is 11.5 Å². The summed E-state index contributed by atoms with van der Waals surface area (Å²) in [6, 6.07) is 5.37. The van der Waals surface area contributed by atoms with Gasteiger partial charge in [0.15, 0.2) is 0 Å². The van der Waals surface area contributed by atoms with Crippen molar-refractivity contribution in [2.45, 2.75) is 25.3 Å². The van der Waals surface area contributed by atoms with Gasteiger partial charge in [-0.15, -0.1) is 0 Å². The summed E-state index contributed by atoms with van der Waals surface area (Å²) in [4.78, 5) is 13.7. The van der Waals surface area contributed by atoms with Gasteiger partial charge >= 0.3 is 5.97 Å². The molecule has 98 valence electrons. The minimum absolute atomic E-state index is 0.487. The fourth-order valence-electron chi connectivity index (χ4n) is 2.47. The van der Waals surface area contributed by atoms with Crippen LogP contribution in [-0.2, 0) is 10.3 Å². The molecule has 1 aliphatic heterocycles. The highest BCUT2D eigenvalue weighted by molar-refractivity contribution is 9.10. The molecular formula is C13H15BrClNO2. The maximum absolute atomic E-state index is 11.7. The third-order valence-electron chi connectivity index (χ3n) is 3.61. The van der Waals surface area contributed by atoms with Crippen LogP contribution < -0.4 is 0 Å². The van der Waals surface area contributed by atoms with Crippen LogP contribution in [0.2, 0.25) is 5.02 Å². The topological polar surface area (TPSA) is 40.5 Å². The second-order valence-electron chi connectivity index (χ2n) is 4.70. The van der Waals surface area contributed by atoms with Gasteiger partial charge in [-0.3, -0.25) is 4.90 Å². The summed E-state index contributed by atoms with van der Waals surface area (Å²) in [6.07, 6.45) is 2.08. The lowest BCUT2D eigenvalue weighted by atomic mass is 9.90. The number of benzene rings is 1. The Morgan fingerprint density at radius 2 is 2.06 bits per heavy atom. The molecular weight excluding hydrogens is 318 g/mol. The predicted octanol–water partition coefficient (Wildman–Crippen LogP) is 3.50. The minimum atomic E-state index is -1.05. The second kappa shape index (κ2) is 5.19. The molecule has 0 amide bonds. The highest BCUT2D eigenvalue weighted by Gasteiger charge is 2.43. The summed E-state index contributed by atoms with van der Waals surface area (Å²) < 4.78 is 0.852. The van der Waals surface area contributed by atoms with Gasteiger partial charge in [-0.05, 0) is 45.0 Å². The molecule has 2 rings (SSSR count). The Balaban J connectivity index is 2.49. The van der Waals surface area contributed by atoms with Crippen molar-refractivity contribution in [2.75, 3.05) is 13.1 Å². The molecule has 1 aromatic carbocycles. The molecule has 18 heavy (non-hydrogen) atoms. The van der Waals surface area contributed by atoms with Crippen molar-refractivity contribution >= 4 is 33.5 Å². The summed E-state index contributed by atoms with van der Waals surface area (Å²) in [5.41, 5.74) is -0.393. The van der Waals surface area contributed by atoms with Crippen LogP contribution in [0.3, 0.4) is 0 Å². The first-order valence-corrected chi connectivity index (χ1v) is 7.07. The Morgan fingerprint density at radius 1 is 1.44 bits per heavy atom. The standard InChI is InChI=1S/C13H15BrClNO2/c1-13(12(17)18,16-6-2-3-7-16)10-5-4-9(14)8-11(10)15/h4-5,8H,2-3,6-7H2,1H3,(H,17,18). The molecule has 1 aromatic rings. The van der Waals surface area contributed by atoms with E-state index in [-0.39, 0.29) is 0 Å². The molecule has 1 unspecified atom stereocenters. The largest absolute Gasteiger partial charge is 0.480 e. The molecule has 1 saturated heterocycles. The smallest absolute Gasteiger partial charge is 0.328 e. The highest BCUT2D eigenvalue weighted by atomic mass is 79.9. The van der Waals surface area contributed by atoms with Crippen LogP contribution in [-0.4, -0.2) is 29.1 Å². The van der Waals surface area contributed by atoms with Gasteiger partial charge in [0.25, 0.3) is 0 Å². The molecule has 1 aliphatic rings. The number of hydrogen-bond donors (Lipinski definition) is 1. The van der Waals surface area contributed by atoms with Crippen LogP contribution in [0, 0.1) is 0 Å². The van der Waals surface area contributed by atoms with E-state index in [1.54, 1.807) is 19.1 Å². The predicted molar refractivity (Wildman–Crippen MR) is 74.9 cm³/mol. The van der Waals surface area contributed by atoms with Crippen LogP contribution in [0.1, 0.15) is 25.3 Å². The van der Waals surface area contributed by atoms with Crippen molar-refractivity contribution in [2.24, 2.45) is 0 Å². The van der Waals surface area contributed by atoms with E-state index in [0.29, 0.717) is 10.6 Å². The maximum Gasteiger partial charge on any atom is 0.328 e. The molecule has 0 bridgehead atoms. The van der Waals surface area contributed by atoms with Crippen molar-refractivity contribution in [3.8, 4) is 0 Å². The zero-order valence-corrected chi connectivity index (χ0v) is 12.5. The number of halogens is 2. The lowest BCUT2D eigenvalue weighted by Crippen LogP contribution is -2.48. The summed E-state index contributed by atoms with van der Waals surface area (Å²) in [5, 5.41) is 10.1. The Hall–Kier alpha value is -0.580. The van der Waals surface area contributed by atoms with E-state index >= 15 is 0 Å². The fraction of sp³-hybridized carbons (Fsp3) is 0.462. The van der Waals surface area contributed by atoms with Crippen LogP contribution in [0.5, 0.6) is 0 Å². The lowest BCUT2D eigenvalue weighted by Gasteiger charge is -2.35. The molecule has 5 heteroatoms. The highest BCUT2D eigenvalue weighted by Crippen LogP contribution is 2.37. The van der Waals surface area contributed by atoms with E-state index in [0.717, 1.165) is 30.4 Å². The molecule has 0 radical (unpaired) electrons. The third kappa shape index (κ3) is 2.29. The normalized spacial score (nSPS) is 19.7. The van der Waals surface area contributed by atoms with Crippen molar-refractivity contribution in [3.63, 3.8) is 0 Å². The molecule has 0 aliphatic carbocycles. The van der Waals surface area contributed by atoms with Gasteiger partial charge in [0.1, 0.15) is 5.54 Å². The molecule has 3 nitrogen and oxygen atoms in total. The summed E-state index contributed by atoms with van der Waals surface area (Å²) in [5.74, 6) is -0.853. The van der Waals surface area contributed by atoms with Crippen LogP contribution in [0.15, 0.2) is 22.7 Å². The van der Waals surface area contributed by atoms with Gasteiger partial charge in [-0.25, -0.2) is 4.79 Å². The molecule has 0 spiro atoms. The second-order valence-corrected chi connectivity index (χ2v) is 6.02. The number of carboxylic acid groups (broad SMARTS) is 1. The van der Waals surface area contributed by atoms with E-state index in [4.69, 9.17) is 11.6 Å². The maximum atomic E-state index is 11.7. The van der Waals surface area contributed by atoms with Gasteiger partial charge in [0.05, 0.1) is 0 Å². The molecule has 1 heterocycles. The van der Waals surface area contributed by atoms with Gasteiger partial charge in [-0.1, -0.05) is 33.6 Å². The van der Waals surface area contributed by atoms with E-state index in [1.165, 1.54) is 0 Å². The number of nitrogens with zero attached hydrogens (tertiary/aromatic N) is 1. The van der Waals surface area contributed by atoms with Crippen LogP contribution >= 0.6 is 27.5 Å². The average molecular weight is 333 g/mol. The van der Waals surface area contributed by atoms with Gasteiger partial charge in [-0.2, -0.15) is 0 Å². The average Bonchev–Trinajstić information content (AvgIpc) is 2.81. The fourth-order valence-corrected chi connectivity index (χ4v) is 3.33. The Bertz CT molecular complexity index is 474. The third-order valence-corrected chi connectivity index (χ3v) is 4.42. The van der Waals surface area contributed by atoms with Crippen molar-refractivity contribution in [3.05, 3.63) is 33.3 Å². The SMILES string of the molecule is CC(C(=O)O)(c1ccc(Br)cc1Cl)N1CCCC1. The van der Waals surface area contributed by atoms with Crippen LogP contribution in [0.25, 0.3) is 0 Å². The molecule has 1 atom stereocenters. The summed E-state index contributed by atoms with van der Waals surface area (Å²) in [6.45, 7) is 3.33. The molecule has 1 N–H and O–H groups in total. The van der Waals surface area contributed by atoms with Gasteiger partial charge in [0, 0.05) is 15.1 Å². The van der Waals surface area contributed by atoms with Crippen molar-refractivity contribution in [1.82, 2.24) is 4.90 Å². The summed E-state index contributed by atoms with van der Waals surface area (Å²) >= 11 is 9.55. The first kappa shape index (κ1) is 13.8. The van der Waals surface area contributed by atoms with Crippen molar-refractivity contribution < 1.29 is 9.90 Å². The zero-order chi connectivity index (χ0) is 13.3. The number of hydrogen-bond acceptors (Lipinski definition) is 2. The number of rotatable bonds is 3. The van der Waals surface area contributed by atoms with Gasteiger partial charge in [0.2, 0.25) is 0 Å². The first-order valence-electron chi connectivity index (χ1n) is 5.90. The molecule has 0 aromatic heterocycles. The minimum Gasteiger partial charge on any atom is -0.480 e. The Morgan fingerprint density at radius 3 is 2.56 bits per heavy atom. The first-order chi connectivity index (χ1) is 8.46. The number of carboxylic acids is 1. The summed E-state index contributed by atoms with van der Waals surface area (Å²) in [7, 11) is 0. The van der Waals surface area contributed by atoms with E-state index in [1.807, 2.05) is 11.0 Å². The molecule has 1 fully saturated rings. The quantitative estimate of drug-likeness (QED) is 0.921. The van der Waals surface area contributed by atoms with E-state index in [9.17, 15) is 9.90 Å².